The van der Waals surface area contributed by atoms with Gasteiger partial charge in [0.05, 0.1) is 13.0 Å². The predicted molar refractivity (Wildman–Crippen MR) is 84.5 cm³/mol. The summed E-state index contributed by atoms with van der Waals surface area (Å²) < 4.78 is 5.67. The summed E-state index contributed by atoms with van der Waals surface area (Å²) in [6, 6.07) is 5.92. The molecule has 0 spiro atoms. The molecule has 0 heterocycles. The normalized spacial score (nSPS) is 12.0. The zero-order valence-corrected chi connectivity index (χ0v) is 13.3. The molecule has 0 aliphatic carbocycles. The van der Waals surface area contributed by atoms with Gasteiger partial charge in [-0.3, -0.25) is 4.79 Å². The molecule has 0 aliphatic heterocycles. The van der Waals surface area contributed by atoms with Crippen LogP contribution in [0.15, 0.2) is 18.2 Å². The molecule has 1 aromatic rings. The number of aliphatic hydroxyl groups is 1. The monoisotopic (exact) mass is 293 g/mol. The quantitative estimate of drug-likeness (QED) is 0.736. The van der Waals surface area contributed by atoms with Crippen LogP contribution in [0.4, 0.5) is 0 Å². The third-order valence-corrected chi connectivity index (χ3v) is 3.84. The minimum atomic E-state index is -0.00306. The van der Waals surface area contributed by atoms with Crippen molar-refractivity contribution in [3.8, 4) is 5.75 Å². The molecule has 0 aliphatic rings. The van der Waals surface area contributed by atoms with Crippen LogP contribution in [0.3, 0.4) is 0 Å². The Balaban J connectivity index is 2.29. The smallest absolute Gasteiger partial charge is 0.223 e. The van der Waals surface area contributed by atoms with E-state index < -0.39 is 0 Å². The van der Waals surface area contributed by atoms with Gasteiger partial charge in [0.25, 0.3) is 0 Å². The Bertz CT molecular complexity index is 446. The number of benzene rings is 1. The van der Waals surface area contributed by atoms with Gasteiger partial charge in [0, 0.05) is 13.2 Å². The van der Waals surface area contributed by atoms with Gasteiger partial charge in [-0.2, -0.15) is 0 Å². The van der Waals surface area contributed by atoms with E-state index in [1.807, 2.05) is 32.0 Å². The summed E-state index contributed by atoms with van der Waals surface area (Å²) in [7, 11) is 0. The maximum atomic E-state index is 11.8. The molecule has 1 unspecified atom stereocenters. The molecule has 2 N–H and O–H groups in total. The molecule has 0 saturated carbocycles. The Morgan fingerprint density at radius 3 is 2.81 bits per heavy atom. The van der Waals surface area contributed by atoms with E-state index >= 15 is 0 Å². The van der Waals surface area contributed by atoms with Crippen molar-refractivity contribution >= 4 is 5.91 Å². The van der Waals surface area contributed by atoms with Crippen LogP contribution in [-0.2, 0) is 4.79 Å². The van der Waals surface area contributed by atoms with Crippen LogP contribution < -0.4 is 10.1 Å². The van der Waals surface area contributed by atoms with Gasteiger partial charge in [-0.05, 0) is 43.4 Å². The van der Waals surface area contributed by atoms with Gasteiger partial charge in [-0.15, -0.1) is 0 Å². The Labute approximate surface area is 127 Å². The van der Waals surface area contributed by atoms with E-state index in [4.69, 9.17) is 9.84 Å². The molecule has 1 amide bonds. The second-order valence-electron chi connectivity index (χ2n) is 5.39. The Morgan fingerprint density at radius 1 is 1.38 bits per heavy atom. The minimum absolute atomic E-state index is 0.00306. The number of carbonyl (C=O) groups is 1. The Kier molecular flexibility index (Phi) is 7.83. The van der Waals surface area contributed by atoms with Crippen LogP contribution in [0.2, 0.25) is 0 Å². The molecule has 0 fully saturated rings. The number of aryl methyl sites for hydroxylation is 1. The highest BCUT2D eigenvalue weighted by Crippen LogP contribution is 2.20. The summed E-state index contributed by atoms with van der Waals surface area (Å²) in [5.41, 5.74) is 2.30. The van der Waals surface area contributed by atoms with Crippen LogP contribution >= 0.6 is 0 Å². The minimum Gasteiger partial charge on any atom is -0.493 e. The van der Waals surface area contributed by atoms with E-state index in [1.165, 1.54) is 5.56 Å². The lowest BCUT2D eigenvalue weighted by molar-refractivity contribution is -0.121. The summed E-state index contributed by atoms with van der Waals surface area (Å²) in [6.45, 7) is 7.30. The fourth-order valence-electron chi connectivity index (χ4n) is 2.11. The number of rotatable bonds is 9. The van der Waals surface area contributed by atoms with Crippen LogP contribution in [0.5, 0.6) is 5.75 Å². The summed E-state index contributed by atoms with van der Waals surface area (Å²) in [5.74, 6) is 1.19. The average Bonchev–Trinajstić information content (AvgIpc) is 2.48. The third-order valence-electron chi connectivity index (χ3n) is 3.84. The first kappa shape index (κ1) is 17.5. The van der Waals surface area contributed by atoms with E-state index in [0.29, 0.717) is 25.5 Å². The molecule has 4 nitrogen and oxygen atoms in total. The van der Waals surface area contributed by atoms with E-state index in [1.54, 1.807) is 0 Å². The molecule has 1 atom stereocenters. The lowest BCUT2D eigenvalue weighted by Crippen LogP contribution is -2.30. The summed E-state index contributed by atoms with van der Waals surface area (Å²) in [4.78, 5) is 11.8. The number of hydrogen-bond donors (Lipinski definition) is 2. The second-order valence-corrected chi connectivity index (χ2v) is 5.39. The van der Waals surface area contributed by atoms with Crippen molar-refractivity contribution in [3.05, 3.63) is 29.3 Å². The maximum Gasteiger partial charge on any atom is 0.223 e. The molecular weight excluding hydrogens is 266 g/mol. The maximum absolute atomic E-state index is 11.8. The van der Waals surface area contributed by atoms with Crippen molar-refractivity contribution in [1.29, 1.82) is 0 Å². The fourth-order valence-corrected chi connectivity index (χ4v) is 2.11. The number of ether oxygens (including phenoxy) is 1. The van der Waals surface area contributed by atoms with Crippen molar-refractivity contribution in [2.75, 3.05) is 19.8 Å². The molecule has 4 heteroatoms. The molecule has 0 aromatic heterocycles. The summed E-state index contributed by atoms with van der Waals surface area (Å²) in [5, 5.41) is 11.8. The van der Waals surface area contributed by atoms with Crippen LogP contribution in [0.25, 0.3) is 0 Å². The highest BCUT2D eigenvalue weighted by atomic mass is 16.5. The van der Waals surface area contributed by atoms with Gasteiger partial charge < -0.3 is 15.2 Å². The zero-order chi connectivity index (χ0) is 15.7. The van der Waals surface area contributed by atoms with Crippen molar-refractivity contribution in [2.45, 2.75) is 40.0 Å². The molecule has 0 bridgehead atoms. The summed E-state index contributed by atoms with van der Waals surface area (Å²) >= 11 is 0. The fraction of sp³-hybridized carbons (Fsp3) is 0.588. The number of aliphatic hydroxyl groups excluding tert-OH is 1. The topological polar surface area (TPSA) is 58.6 Å². The highest BCUT2D eigenvalue weighted by Gasteiger charge is 2.09. The number of hydrogen-bond acceptors (Lipinski definition) is 3. The van der Waals surface area contributed by atoms with E-state index in [9.17, 15) is 4.79 Å². The van der Waals surface area contributed by atoms with Gasteiger partial charge in [-0.1, -0.05) is 25.5 Å². The number of carbonyl (C=O) groups excluding carboxylic acids is 1. The zero-order valence-electron chi connectivity index (χ0n) is 13.3. The molecule has 1 rings (SSSR count). The lowest BCUT2D eigenvalue weighted by Gasteiger charge is -2.15. The van der Waals surface area contributed by atoms with Crippen LogP contribution in [-0.4, -0.2) is 30.8 Å². The highest BCUT2D eigenvalue weighted by molar-refractivity contribution is 5.75. The van der Waals surface area contributed by atoms with E-state index in [-0.39, 0.29) is 12.5 Å². The SMILES string of the molecule is CCC(CCO)CNC(=O)CCOc1cccc(C)c1C. The standard InChI is InChI=1S/C17H27NO3/c1-4-15(8-10-19)12-18-17(20)9-11-21-16-7-5-6-13(2)14(16)3/h5-7,15,19H,4,8-12H2,1-3H3,(H,18,20). The van der Waals surface area contributed by atoms with Crippen molar-refractivity contribution < 1.29 is 14.6 Å². The van der Waals surface area contributed by atoms with Gasteiger partial charge in [0.15, 0.2) is 0 Å². The first-order valence-electron chi connectivity index (χ1n) is 7.65. The third kappa shape index (κ3) is 6.17. The molecule has 1 aromatic carbocycles. The number of nitrogens with one attached hydrogen (secondary N) is 1. The van der Waals surface area contributed by atoms with Crippen molar-refractivity contribution in [3.63, 3.8) is 0 Å². The first-order valence-corrected chi connectivity index (χ1v) is 7.65. The van der Waals surface area contributed by atoms with Crippen LogP contribution in [0, 0.1) is 19.8 Å². The van der Waals surface area contributed by atoms with Gasteiger partial charge in [0.1, 0.15) is 5.75 Å². The summed E-state index contributed by atoms with van der Waals surface area (Å²) in [6.07, 6.45) is 2.04. The van der Waals surface area contributed by atoms with E-state index in [0.717, 1.165) is 24.2 Å². The molecule has 0 saturated heterocycles. The molecule has 118 valence electrons. The first-order chi connectivity index (χ1) is 10.1. The molecule has 21 heavy (non-hydrogen) atoms. The predicted octanol–water partition coefficient (Wildman–Crippen LogP) is 2.60. The van der Waals surface area contributed by atoms with Gasteiger partial charge in [-0.25, -0.2) is 0 Å². The lowest BCUT2D eigenvalue weighted by atomic mass is 10.0. The van der Waals surface area contributed by atoms with Crippen molar-refractivity contribution in [1.82, 2.24) is 5.32 Å². The second kappa shape index (κ2) is 9.40. The molecular formula is C17H27NO3. The van der Waals surface area contributed by atoms with Crippen LogP contribution in [0.1, 0.15) is 37.3 Å². The molecule has 0 radical (unpaired) electrons. The Hall–Kier alpha value is -1.55. The van der Waals surface area contributed by atoms with Gasteiger partial charge in [0.2, 0.25) is 5.91 Å². The van der Waals surface area contributed by atoms with Crippen molar-refractivity contribution in [2.24, 2.45) is 5.92 Å². The van der Waals surface area contributed by atoms with E-state index in [2.05, 4.69) is 12.2 Å². The van der Waals surface area contributed by atoms with Gasteiger partial charge >= 0.3 is 0 Å². The Morgan fingerprint density at radius 2 is 2.14 bits per heavy atom. The number of amides is 1. The largest absolute Gasteiger partial charge is 0.493 e. The average molecular weight is 293 g/mol.